The van der Waals surface area contributed by atoms with Gasteiger partial charge in [0.05, 0.1) is 26.9 Å². The molecule has 94 valence electrons. The molecule has 1 fully saturated rings. The number of hydrogen-bond donors (Lipinski definition) is 2. The Kier molecular flexibility index (Phi) is 3.71. The highest BCUT2D eigenvalue weighted by molar-refractivity contribution is 5.55. The van der Waals surface area contributed by atoms with E-state index in [0.717, 1.165) is 12.1 Å². The van der Waals surface area contributed by atoms with Crippen LogP contribution in [-0.2, 0) is 4.74 Å². The summed E-state index contributed by atoms with van der Waals surface area (Å²) in [5.74, 6) is 0.942. The van der Waals surface area contributed by atoms with Crippen molar-refractivity contribution < 1.29 is 19.3 Å². The van der Waals surface area contributed by atoms with E-state index >= 15 is 0 Å². The first kappa shape index (κ1) is 12.0. The molecule has 5 nitrogen and oxygen atoms in total. The summed E-state index contributed by atoms with van der Waals surface area (Å²) in [5.41, 5.74) is 0.717. The first-order valence-corrected chi connectivity index (χ1v) is 5.54. The average molecular weight is 239 g/mol. The fourth-order valence-electron chi connectivity index (χ4n) is 1.95. The molecule has 5 heteroatoms. The van der Waals surface area contributed by atoms with Crippen LogP contribution in [0, 0.1) is 0 Å². The monoisotopic (exact) mass is 239 g/mol. The molecule has 1 saturated heterocycles. The maximum absolute atomic E-state index is 10.1. The lowest BCUT2D eigenvalue weighted by atomic mass is 10.1. The predicted octanol–water partition coefficient (Wildman–Crippen LogP) is 1.07. The number of morpholine rings is 1. The summed E-state index contributed by atoms with van der Waals surface area (Å²) >= 11 is 0. The van der Waals surface area contributed by atoms with E-state index in [1.807, 2.05) is 0 Å². The number of phenols is 1. The van der Waals surface area contributed by atoms with Crippen LogP contribution in [0.15, 0.2) is 12.1 Å². The summed E-state index contributed by atoms with van der Waals surface area (Å²) in [7, 11) is 3.04. The Morgan fingerprint density at radius 1 is 1.35 bits per heavy atom. The van der Waals surface area contributed by atoms with Crippen molar-refractivity contribution in [1.29, 1.82) is 0 Å². The Morgan fingerprint density at radius 2 is 2.18 bits per heavy atom. The largest absolute Gasteiger partial charge is 0.504 e. The number of phenolic OH excluding ortho intramolecular Hbond substituents is 1. The molecule has 1 atom stereocenters. The summed E-state index contributed by atoms with van der Waals surface area (Å²) in [4.78, 5) is 0. The maximum atomic E-state index is 10.1. The Bertz CT molecular complexity index is 388. The SMILES string of the molecule is COc1ccc(C2CNCCO2)c(O)c1OC. The molecule has 0 aromatic heterocycles. The van der Waals surface area contributed by atoms with Crippen LogP contribution in [0.5, 0.6) is 17.2 Å². The minimum atomic E-state index is -0.149. The van der Waals surface area contributed by atoms with Gasteiger partial charge in [0.1, 0.15) is 0 Å². The van der Waals surface area contributed by atoms with Gasteiger partial charge < -0.3 is 24.6 Å². The molecule has 1 aromatic carbocycles. The number of methoxy groups -OCH3 is 2. The molecular formula is C12H17NO4. The van der Waals surface area contributed by atoms with Crippen molar-refractivity contribution in [3.63, 3.8) is 0 Å². The van der Waals surface area contributed by atoms with Crippen LogP contribution in [-0.4, -0.2) is 39.0 Å². The maximum Gasteiger partial charge on any atom is 0.203 e. The first-order valence-electron chi connectivity index (χ1n) is 5.54. The van der Waals surface area contributed by atoms with Gasteiger partial charge in [-0.3, -0.25) is 0 Å². The van der Waals surface area contributed by atoms with E-state index in [0.29, 0.717) is 24.7 Å². The van der Waals surface area contributed by atoms with E-state index in [1.165, 1.54) is 14.2 Å². The summed E-state index contributed by atoms with van der Waals surface area (Å²) in [6.45, 7) is 2.16. The van der Waals surface area contributed by atoms with Crippen molar-refractivity contribution in [2.75, 3.05) is 33.9 Å². The molecule has 1 aliphatic heterocycles. The van der Waals surface area contributed by atoms with Gasteiger partial charge in [0.15, 0.2) is 11.5 Å². The van der Waals surface area contributed by atoms with Crippen molar-refractivity contribution in [3.05, 3.63) is 17.7 Å². The molecule has 0 aliphatic carbocycles. The molecule has 1 unspecified atom stereocenters. The molecule has 2 rings (SSSR count). The van der Waals surface area contributed by atoms with Crippen molar-refractivity contribution >= 4 is 0 Å². The smallest absolute Gasteiger partial charge is 0.203 e. The number of aromatic hydroxyl groups is 1. The van der Waals surface area contributed by atoms with Crippen molar-refractivity contribution in [3.8, 4) is 17.2 Å². The van der Waals surface area contributed by atoms with E-state index in [4.69, 9.17) is 14.2 Å². The van der Waals surface area contributed by atoms with E-state index in [-0.39, 0.29) is 11.9 Å². The third kappa shape index (κ3) is 2.30. The lowest BCUT2D eigenvalue weighted by molar-refractivity contribution is 0.0260. The number of rotatable bonds is 3. The van der Waals surface area contributed by atoms with Gasteiger partial charge in [-0.1, -0.05) is 0 Å². The predicted molar refractivity (Wildman–Crippen MR) is 62.8 cm³/mol. The Hall–Kier alpha value is -1.46. The third-order valence-corrected chi connectivity index (χ3v) is 2.83. The minimum absolute atomic E-state index is 0.0838. The Balaban J connectivity index is 2.34. The standard InChI is InChI=1S/C12H17NO4/c1-15-9-4-3-8(11(14)12(9)16-2)10-7-13-5-6-17-10/h3-4,10,13-14H,5-7H2,1-2H3. The Labute approximate surface area is 100 Å². The van der Waals surface area contributed by atoms with Crippen molar-refractivity contribution in [1.82, 2.24) is 5.32 Å². The third-order valence-electron chi connectivity index (χ3n) is 2.83. The fraction of sp³-hybridized carbons (Fsp3) is 0.500. The zero-order chi connectivity index (χ0) is 12.3. The van der Waals surface area contributed by atoms with Crippen LogP contribution >= 0.6 is 0 Å². The molecule has 1 heterocycles. The van der Waals surface area contributed by atoms with E-state index < -0.39 is 0 Å². The highest BCUT2D eigenvalue weighted by atomic mass is 16.5. The summed E-state index contributed by atoms with van der Waals surface area (Å²) in [6, 6.07) is 3.57. The molecule has 1 aliphatic rings. The summed E-state index contributed by atoms with van der Waals surface area (Å²) in [6.07, 6.45) is -0.149. The lowest BCUT2D eigenvalue weighted by Gasteiger charge is -2.25. The lowest BCUT2D eigenvalue weighted by Crippen LogP contribution is -2.33. The molecule has 0 saturated carbocycles. The van der Waals surface area contributed by atoms with Crippen LogP contribution in [0.3, 0.4) is 0 Å². The molecule has 0 spiro atoms. The highest BCUT2D eigenvalue weighted by Gasteiger charge is 2.23. The van der Waals surface area contributed by atoms with Gasteiger partial charge in [0, 0.05) is 18.7 Å². The summed E-state index contributed by atoms with van der Waals surface area (Å²) in [5, 5.41) is 13.4. The quantitative estimate of drug-likeness (QED) is 0.826. The van der Waals surface area contributed by atoms with Gasteiger partial charge in [0.2, 0.25) is 5.75 Å². The van der Waals surface area contributed by atoms with Gasteiger partial charge in [-0.2, -0.15) is 0 Å². The first-order chi connectivity index (χ1) is 8.27. The molecule has 2 N–H and O–H groups in total. The second-order valence-corrected chi connectivity index (χ2v) is 3.80. The zero-order valence-electron chi connectivity index (χ0n) is 10.0. The molecular weight excluding hydrogens is 222 g/mol. The van der Waals surface area contributed by atoms with Crippen LogP contribution in [0.4, 0.5) is 0 Å². The van der Waals surface area contributed by atoms with E-state index in [1.54, 1.807) is 12.1 Å². The van der Waals surface area contributed by atoms with Gasteiger partial charge >= 0.3 is 0 Å². The van der Waals surface area contributed by atoms with Crippen LogP contribution in [0.25, 0.3) is 0 Å². The van der Waals surface area contributed by atoms with E-state index in [9.17, 15) is 5.11 Å². The van der Waals surface area contributed by atoms with Crippen LogP contribution in [0.2, 0.25) is 0 Å². The molecule has 0 radical (unpaired) electrons. The molecule has 17 heavy (non-hydrogen) atoms. The highest BCUT2D eigenvalue weighted by Crippen LogP contribution is 2.42. The van der Waals surface area contributed by atoms with Crippen LogP contribution in [0.1, 0.15) is 11.7 Å². The Morgan fingerprint density at radius 3 is 2.76 bits per heavy atom. The molecule has 0 amide bonds. The number of nitrogens with one attached hydrogen (secondary N) is 1. The van der Waals surface area contributed by atoms with Gasteiger partial charge in [-0.05, 0) is 12.1 Å². The zero-order valence-corrected chi connectivity index (χ0v) is 10.0. The molecule has 0 bridgehead atoms. The minimum Gasteiger partial charge on any atom is -0.504 e. The van der Waals surface area contributed by atoms with E-state index in [2.05, 4.69) is 5.32 Å². The number of benzene rings is 1. The fourth-order valence-corrected chi connectivity index (χ4v) is 1.95. The number of ether oxygens (including phenoxy) is 3. The molecule has 1 aromatic rings. The normalized spacial score (nSPS) is 20.0. The summed E-state index contributed by atoms with van der Waals surface area (Å²) < 4.78 is 15.9. The van der Waals surface area contributed by atoms with Crippen LogP contribution < -0.4 is 14.8 Å². The average Bonchev–Trinajstić information content (AvgIpc) is 2.39. The van der Waals surface area contributed by atoms with Gasteiger partial charge in [-0.15, -0.1) is 0 Å². The number of hydrogen-bond acceptors (Lipinski definition) is 5. The second kappa shape index (κ2) is 5.25. The second-order valence-electron chi connectivity index (χ2n) is 3.80. The topological polar surface area (TPSA) is 60.0 Å². The van der Waals surface area contributed by atoms with Gasteiger partial charge in [-0.25, -0.2) is 0 Å². The van der Waals surface area contributed by atoms with Crippen molar-refractivity contribution in [2.45, 2.75) is 6.10 Å². The van der Waals surface area contributed by atoms with Gasteiger partial charge in [0.25, 0.3) is 0 Å². The van der Waals surface area contributed by atoms with Crippen molar-refractivity contribution in [2.24, 2.45) is 0 Å².